The van der Waals surface area contributed by atoms with Crippen LogP contribution in [0.5, 0.6) is 0 Å². The predicted octanol–water partition coefficient (Wildman–Crippen LogP) is 2.16. The van der Waals surface area contributed by atoms with Gasteiger partial charge in [-0.15, -0.1) is 0 Å². The zero-order valence-electron chi connectivity index (χ0n) is 12.0. The molecule has 23 heavy (non-hydrogen) atoms. The monoisotopic (exact) mass is 341 g/mol. The van der Waals surface area contributed by atoms with Gasteiger partial charge in [0.1, 0.15) is 17.7 Å². The minimum atomic E-state index is -4.13. The van der Waals surface area contributed by atoms with Gasteiger partial charge in [-0.1, -0.05) is 18.2 Å². The number of nitrogens with one attached hydrogen (secondary N) is 1. The Morgan fingerprint density at radius 1 is 1.13 bits per heavy atom. The fraction of sp³-hybridized carbons (Fsp3) is 0.133. The molecule has 2 aromatic rings. The van der Waals surface area contributed by atoms with Crippen LogP contribution in [0.1, 0.15) is 11.6 Å². The van der Waals surface area contributed by atoms with E-state index in [4.69, 9.17) is 0 Å². The third-order valence-electron chi connectivity index (χ3n) is 3.03. The zero-order chi connectivity index (χ0) is 17.0. The highest BCUT2D eigenvalue weighted by atomic mass is 32.2. The van der Waals surface area contributed by atoms with Crippen LogP contribution in [0.25, 0.3) is 0 Å². The van der Waals surface area contributed by atoms with Crippen LogP contribution >= 0.6 is 0 Å². The van der Waals surface area contributed by atoms with Gasteiger partial charge in [0.2, 0.25) is 10.0 Å². The molecule has 2 rings (SSSR count). The quantitative estimate of drug-likeness (QED) is 0.846. The molecule has 0 aliphatic heterocycles. The number of esters is 1. The van der Waals surface area contributed by atoms with Crippen LogP contribution in [0.4, 0.5) is 8.78 Å². The highest BCUT2D eigenvalue weighted by molar-refractivity contribution is 7.89. The van der Waals surface area contributed by atoms with Crippen LogP contribution in [-0.4, -0.2) is 21.5 Å². The smallest absolute Gasteiger partial charge is 0.328 e. The molecule has 0 amide bonds. The largest absolute Gasteiger partial charge is 0.468 e. The highest BCUT2D eigenvalue weighted by Crippen LogP contribution is 2.22. The van der Waals surface area contributed by atoms with E-state index >= 15 is 0 Å². The number of ether oxygens (including phenoxy) is 1. The number of benzene rings is 2. The van der Waals surface area contributed by atoms with Crippen molar-refractivity contribution in [3.05, 3.63) is 65.7 Å². The van der Waals surface area contributed by atoms with Crippen molar-refractivity contribution in [2.24, 2.45) is 0 Å². The Morgan fingerprint density at radius 3 is 2.39 bits per heavy atom. The van der Waals surface area contributed by atoms with Gasteiger partial charge in [0, 0.05) is 5.56 Å². The molecule has 0 spiro atoms. The SMILES string of the molecule is COC(=O)[C@@H](NS(=O)(=O)c1ccccc1)c1cc(F)ccc1F. The zero-order valence-corrected chi connectivity index (χ0v) is 12.8. The van der Waals surface area contributed by atoms with Crippen LogP contribution in [0, 0.1) is 11.6 Å². The number of carbonyl (C=O) groups excluding carboxylic acids is 1. The van der Waals surface area contributed by atoms with Gasteiger partial charge in [-0.25, -0.2) is 22.0 Å². The van der Waals surface area contributed by atoms with Gasteiger partial charge in [-0.2, -0.15) is 4.72 Å². The van der Waals surface area contributed by atoms with Crippen LogP contribution in [0.3, 0.4) is 0 Å². The van der Waals surface area contributed by atoms with Crippen molar-refractivity contribution in [3.63, 3.8) is 0 Å². The van der Waals surface area contributed by atoms with Crippen molar-refractivity contribution in [2.75, 3.05) is 7.11 Å². The Hall–Kier alpha value is -2.32. The summed E-state index contributed by atoms with van der Waals surface area (Å²) in [6, 6.07) is 7.90. The van der Waals surface area contributed by atoms with Gasteiger partial charge in [0.25, 0.3) is 0 Å². The minimum Gasteiger partial charge on any atom is -0.468 e. The van der Waals surface area contributed by atoms with Gasteiger partial charge in [0.05, 0.1) is 12.0 Å². The van der Waals surface area contributed by atoms with Crippen LogP contribution in [0.15, 0.2) is 53.4 Å². The van der Waals surface area contributed by atoms with Crippen LogP contribution < -0.4 is 4.72 Å². The van der Waals surface area contributed by atoms with E-state index in [0.29, 0.717) is 0 Å². The second-order valence-corrected chi connectivity index (χ2v) is 6.27. The number of hydrogen-bond acceptors (Lipinski definition) is 4. The van der Waals surface area contributed by atoms with E-state index in [1.165, 1.54) is 24.3 Å². The number of sulfonamides is 1. The maximum absolute atomic E-state index is 13.9. The van der Waals surface area contributed by atoms with Crippen molar-refractivity contribution in [2.45, 2.75) is 10.9 Å². The van der Waals surface area contributed by atoms with Gasteiger partial charge in [-0.3, -0.25) is 0 Å². The highest BCUT2D eigenvalue weighted by Gasteiger charge is 2.30. The maximum atomic E-state index is 13.9. The number of carbonyl (C=O) groups is 1. The topological polar surface area (TPSA) is 72.5 Å². The van der Waals surface area contributed by atoms with Crippen molar-refractivity contribution in [1.82, 2.24) is 4.72 Å². The molecule has 122 valence electrons. The Morgan fingerprint density at radius 2 is 1.78 bits per heavy atom. The summed E-state index contributed by atoms with van der Waals surface area (Å²) in [5.41, 5.74) is -0.462. The summed E-state index contributed by atoms with van der Waals surface area (Å²) in [5, 5.41) is 0. The first-order chi connectivity index (χ1) is 10.8. The average molecular weight is 341 g/mol. The molecule has 5 nitrogen and oxygen atoms in total. The number of halogens is 2. The van der Waals surface area contributed by atoms with E-state index in [9.17, 15) is 22.0 Å². The van der Waals surface area contributed by atoms with Crippen molar-refractivity contribution in [1.29, 1.82) is 0 Å². The Kier molecular flexibility index (Phi) is 5.07. The molecule has 0 bridgehead atoms. The van der Waals surface area contributed by atoms with E-state index < -0.39 is 39.2 Å². The number of rotatable bonds is 5. The molecular formula is C15H13F2NO4S. The Balaban J connectivity index is 2.45. The van der Waals surface area contributed by atoms with E-state index in [0.717, 1.165) is 25.3 Å². The average Bonchev–Trinajstić information content (AvgIpc) is 2.55. The van der Waals surface area contributed by atoms with E-state index in [1.807, 2.05) is 4.72 Å². The molecule has 2 aromatic carbocycles. The molecular weight excluding hydrogens is 328 g/mol. The number of hydrogen-bond donors (Lipinski definition) is 1. The molecule has 0 aliphatic carbocycles. The molecule has 8 heteroatoms. The Bertz CT molecular complexity index is 809. The van der Waals surface area contributed by atoms with Crippen molar-refractivity contribution in [3.8, 4) is 0 Å². The maximum Gasteiger partial charge on any atom is 0.328 e. The lowest BCUT2D eigenvalue weighted by Gasteiger charge is -2.17. The van der Waals surface area contributed by atoms with Gasteiger partial charge >= 0.3 is 5.97 Å². The predicted molar refractivity (Wildman–Crippen MR) is 77.9 cm³/mol. The second-order valence-electron chi connectivity index (χ2n) is 4.56. The first kappa shape index (κ1) is 17.0. The van der Waals surface area contributed by atoms with Gasteiger partial charge in [-0.05, 0) is 30.3 Å². The summed E-state index contributed by atoms with van der Waals surface area (Å²) in [4.78, 5) is 11.7. The Labute approximate surface area is 132 Å². The molecule has 0 aromatic heterocycles. The summed E-state index contributed by atoms with van der Waals surface area (Å²) < 4.78 is 58.3. The third kappa shape index (κ3) is 3.91. The lowest BCUT2D eigenvalue weighted by molar-refractivity contribution is -0.142. The summed E-state index contributed by atoms with van der Waals surface area (Å²) in [5.74, 6) is -2.80. The van der Waals surface area contributed by atoms with Crippen LogP contribution in [-0.2, 0) is 19.6 Å². The standard InChI is InChI=1S/C15H13F2NO4S/c1-22-15(19)14(12-9-10(16)7-8-13(12)17)18-23(20,21)11-5-3-2-4-6-11/h2-9,14,18H,1H3/t14-/m0/s1. The fourth-order valence-corrected chi connectivity index (χ4v) is 3.10. The summed E-state index contributed by atoms with van der Waals surface area (Å²) >= 11 is 0. The molecule has 0 saturated heterocycles. The van der Waals surface area contributed by atoms with Gasteiger partial charge in [0.15, 0.2) is 0 Å². The molecule has 0 fully saturated rings. The molecule has 0 aliphatic rings. The molecule has 0 heterocycles. The minimum absolute atomic E-state index is 0.120. The lowest BCUT2D eigenvalue weighted by Crippen LogP contribution is -2.35. The molecule has 1 N–H and O–H groups in total. The van der Waals surface area contributed by atoms with E-state index in [-0.39, 0.29) is 4.90 Å². The van der Waals surface area contributed by atoms with Gasteiger partial charge < -0.3 is 4.74 Å². The van der Waals surface area contributed by atoms with E-state index in [2.05, 4.69) is 4.74 Å². The summed E-state index contributed by atoms with van der Waals surface area (Å²) in [6.45, 7) is 0. The van der Waals surface area contributed by atoms with Crippen molar-refractivity contribution < 1.29 is 26.7 Å². The summed E-state index contributed by atoms with van der Waals surface area (Å²) in [6.07, 6.45) is 0. The third-order valence-corrected chi connectivity index (χ3v) is 4.47. The first-order valence-corrected chi connectivity index (χ1v) is 7.93. The molecule has 0 saturated carbocycles. The lowest BCUT2D eigenvalue weighted by atomic mass is 10.1. The van der Waals surface area contributed by atoms with E-state index in [1.54, 1.807) is 6.07 Å². The number of methoxy groups -OCH3 is 1. The molecule has 1 atom stereocenters. The summed E-state index contributed by atoms with van der Waals surface area (Å²) in [7, 11) is -3.12. The first-order valence-electron chi connectivity index (χ1n) is 6.45. The second kappa shape index (κ2) is 6.84. The normalized spacial score (nSPS) is 12.7. The molecule has 0 radical (unpaired) electrons. The fourth-order valence-electron chi connectivity index (χ4n) is 1.92. The van der Waals surface area contributed by atoms with Crippen molar-refractivity contribution >= 4 is 16.0 Å². The molecule has 0 unspecified atom stereocenters. The van der Waals surface area contributed by atoms with Crippen LogP contribution in [0.2, 0.25) is 0 Å².